The number of carbonyl (C=O) groups is 1. The van der Waals surface area contributed by atoms with E-state index in [9.17, 15) is 4.79 Å². The molecule has 0 aromatic heterocycles. The number of hydrogen-bond acceptors (Lipinski definition) is 3. The predicted molar refractivity (Wildman–Crippen MR) is 88.5 cm³/mol. The molecular weight excluding hydrogens is 280 g/mol. The highest BCUT2D eigenvalue weighted by atomic mass is 32.2. The van der Waals surface area contributed by atoms with Gasteiger partial charge in [0.1, 0.15) is 5.75 Å². The maximum Gasteiger partial charge on any atom is 0.162 e. The van der Waals surface area contributed by atoms with Crippen molar-refractivity contribution < 1.29 is 9.53 Å². The minimum Gasteiger partial charge on any atom is -0.493 e. The van der Waals surface area contributed by atoms with Gasteiger partial charge in [-0.15, -0.1) is 11.8 Å². The molecule has 2 aromatic carbocycles. The Kier molecular flexibility index (Phi) is 5.88. The van der Waals surface area contributed by atoms with Crippen LogP contribution in [0.15, 0.2) is 53.4 Å². The zero-order chi connectivity index (χ0) is 15.1. The molecule has 0 fully saturated rings. The lowest BCUT2D eigenvalue weighted by Gasteiger charge is -2.07. The van der Waals surface area contributed by atoms with Crippen LogP contribution >= 0.6 is 11.8 Å². The van der Waals surface area contributed by atoms with Crippen molar-refractivity contribution in [3.05, 3.63) is 59.7 Å². The van der Waals surface area contributed by atoms with E-state index in [0.717, 1.165) is 22.0 Å². The van der Waals surface area contributed by atoms with Crippen molar-refractivity contribution in [2.24, 2.45) is 0 Å². The minimum absolute atomic E-state index is 0.189. The summed E-state index contributed by atoms with van der Waals surface area (Å²) in [6, 6.07) is 15.9. The van der Waals surface area contributed by atoms with Gasteiger partial charge in [-0.2, -0.15) is 0 Å². The van der Waals surface area contributed by atoms with Gasteiger partial charge >= 0.3 is 0 Å². The van der Waals surface area contributed by atoms with Crippen LogP contribution in [0.5, 0.6) is 5.75 Å². The van der Waals surface area contributed by atoms with E-state index in [2.05, 4.69) is 13.0 Å². The number of rotatable bonds is 7. The second kappa shape index (κ2) is 7.89. The van der Waals surface area contributed by atoms with Gasteiger partial charge in [-0.05, 0) is 36.8 Å². The van der Waals surface area contributed by atoms with Crippen molar-refractivity contribution in [2.45, 2.75) is 25.2 Å². The smallest absolute Gasteiger partial charge is 0.162 e. The molecule has 0 saturated carbocycles. The van der Waals surface area contributed by atoms with Crippen LogP contribution in [0.1, 0.15) is 29.3 Å². The molecule has 21 heavy (non-hydrogen) atoms. The van der Waals surface area contributed by atoms with Gasteiger partial charge in [-0.3, -0.25) is 4.79 Å². The van der Waals surface area contributed by atoms with Gasteiger partial charge in [0, 0.05) is 22.6 Å². The van der Waals surface area contributed by atoms with Gasteiger partial charge in [-0.25, -0.2) is 0 Å². The first-order valence-electron chi connectivity index (χ1n) is 7.14. The first-order chi connectivity index (χ1) is 10.2. The Morgan fingerprint density at radius 2 is 1.90 bits per heavy atom. The Bertz CT molecular complexity index is 590. The summed E-state index contributed by atoms with van der Waals surface area (Å²) in [5, 5.41) is 0. The zero-order valence-corrected chi connectivity index (χ0v) is 13.3. The molecule has 0 unspecified atom stereocenters. The average molecular weight is 300 g/mol. The van der Waals surface area contributed by atoms with Crippen LogP contribution in [0.2, 0.25) is 0 Å². The lowest BCUT2D eigenvalue weighted by Crippen LogP contribution is -2.00. The SMILES string of the molecule is CCC(=O)c1ccc(SCCOc2cccc(C)c2)cc1. The van der Waals surface area contributed by atoms with E-state index in [-0.39, 0.29) is 5.78 Å². The summed E-state index contributed by atoms with van der Waals surface area (Å²) >= 11 is 1.74. The van der Waals surface area contributed by atoms with E-state index in [1.165, 1.54) is 5.56 Å². The molecule has 0 N–H and O–H groups in total. The lowest BCUT2D eigenvalue weighted by atomic mass is 10.1. The van der Waals surface area contributed by atoms with Gasteiger partial charge in [0.15, 0.2) is 5.78 Å². The second-order valence-electron chi connectivity index (χ2n) is 4.81. The minimum atomic E-state index is 0.189. The fraction of sp³-hybridized carbons (Fsp3) is 0.278. The van der Waals surface area contributed by atoms with Crippen LogP contribution in [-0.2, 0) is 0 Å². The molecule has 0 amide bonds. The molecule has 2 rings (SSSR count). The summed E-state index contributed by atoms with van der Waals surface area (Å²) in [6.07, 6.45) is 0.552. The van der Waals surface area contributed by atoms with Crippen LogP contribution in [0.25, 0.3) is 0 Å². The van der Waals surface area contributed by atoms with Crippen molar-refractivity contribution in [3.8, 4) is 5.75 Å². The summed E-state index contributed by atoms with van der Waals surface area (Å²) in [6.45, 7) is 4.61. The Morgan fingerprint density at radius 1 is 1.14 bits per heavy atom. The maximum atomic E-state index is 11.5. The predicted octanol–water partition coefficient (Wildman–Crippen LogP) is 4.76. The van der Waals surface area contributed by atoms with Crippen molar-refractivity contribution >= 4 is 17.5 Å². The van der Waals surface area contributed by atoms with Crippen LogP contribution in [0.3, 0.4) is 0 Å². The Balaban J connectivity index is 1.77. The maximum absolute atomic E-state index is 11.5. The van der Waals surface area contributed by atoms with Crippen molar-refractivity contribution in [1.29, 1.82) is 0 Å². The third kappa shape index (κ3) is 4.94. The molecule has 3 heteroatoms. The van der Waals surface area contributed by atoms with Crippen molar-refractivity contribution in [1.82, 2.24) is 0 Å². The van der Waals surface area contributed by atoms with Crippen LogP contribution in [0, 0.1) is 6.92 Å². The topological polar surface area (TPSA) is 26.3 Å². The number of ether oxygens (including phenoxy) is 1. The number of ketones is 1. The fourth-order valence-corrected chi connectivity index (χ4v) is 2.70. The third-order valence-electron chi connectivity index (χ3n) is 3.11. The first-order valence-corrected chi connectivity index (χ1v) is 8.13. The standard InChI is InChI=1S/C18H20O2S/c1-3-18(19)15-7-9-17(10-8-15)21-12-11-20-16-6-4-5-14(2)13-16/h4-10,13H,3,11-12H2,1-2H3. The third-order valence-corrected chi connectivity index (χ3v) is 4.08. The summed E-state index contributed by atoms with van der Waals surface area (Å²) in [5.74, 6) is 1.99. The largest absolute Gasteiger partial charge is 0.493 e. The van der Waals surface area contributed by atoms with E-state index in [4.69, 9.17) is 4.74 Å². The van der Waals surface area contributed by atoms with Crippen LogP contribution in [0.4, 0.5) is 0 Å². The highest BCUT2D eigenvalue weighted by Crippen LogP contribution is 2.19. The molecule has 0 saturated heterocycles. The normalized spacial score (nSPS) is 10.4. The summed E-state index contributed by atoms with van der Waals surface area (Å²) in [7, 11) is 0. The molecule has 0 spiro atoms. The van der Waals surface area contributed by atoms with E-state index < -0.39 is 0 Å². The second-order valence-corrected chi connectivity index (χ2v) is 5.98. The van der Waals surface area contributed by atoms with E-state index >= 15 is 0 Å². The molecule has 0 radical (unpaired) electrons. The molecule has 0 heterocycles. The van der Waals surface area contributed by atoms with Crippen molar-refractivity contribution in [2.75, 3.05) is 12.4 Å². The highest BCUT2D eigenvalue weighted by molar-refractivity contribution is 7.99. The van der Waals surface area contributed by atoms with Gasteiger partial charge in [0.2, 0.25) is 0 Å². The van der Waals surface area contributed by atoms with Crippen LogP contribution in [-0.4, -0.2) is 18.1 Å². The molecule has 0 bridgehead atoms. The Morgan fingerprint density at radius 3 is 2.57 bits per heavy atom. The Hall–Kier alpha value is -1.74. The first kappa shape index (κ1) is 15.6. The Labute approximate surface area is 130 Å². The van der Waals surface area contributed by atoms with Gasteiger partial charge in [0.05, 0.1) is 6.61 Å². The number of Topliss-reactive ketones (excluding diaryl/α,β-unsaturated/α-hetero) is 1. The van der Waals surface area contributed by atoms with E-state index in [1.54, 1.807) is 11.8 Å². The molecule has 2 aromatic rings. The summed E-state index contributed by atoms with van der Waals surface area (Å²) in [5.41, 5.74) is 1.99. The molecule has 0 atom stereocenters. The van der Waals surface area contributed by atoms with Gasteiger partial charge < -0.3 is 4.74 Å². The molecule has 0 aliphatic heterocycles. The molecule has 0 aliphatic carbocycles. The van der Waals surface area contributed by atoms with Crippen LogP contribution < -0.4 is 4.74 Å². The number of benzene rings is 2. The number of thioether (sulfide) groups is 1. The lowest BCUT2D eigenvalue weighted by molar-refractivity contribution is 0.0988. The van der Waals surface area contributed by atoms with Gasteiger partial charge in [0.25, 0.3) is 0 Å². The van der Waals surface area contributed by atoms with E-state index in [1.807, 2.05) is 49.4 Å². The number of aryl methyl sites for hydroxylation is 1. The number of carbonyl (C=O) groups excluding carboxylic acids is 1. The zero-order valence-electron chi connectivity index (χ0n) is 12.5. The molecule has 0 aliphatic rings. The number of hydrogen-bond donors (Lipinski definition) is 0. The molecule has 110 valence electrons. The monoisotopic (exact) mass is 300 g/mol. The highest BCUT2D eigenvalue weighted by Gasteiger charge is 2.02. The molecule has 2 nitrogen and oxygen atoms in total. The van der Waals surface area contributed by atoms with Gasteiger partial charge in [-0.1, -0.05) is 31.2 Å². The summed E-state index contributed by atoms with van der Waals surface area (Å²) < 4.78 is 5.71. The average Bonchev–Trinajstić information content (AvgIpc) is 2.51. The van der Waals surface area contributed by atoms with Crippen molar-refractivity contribution in [3.63, 3.8) is 0 Å². The quantitative estimate of drug-likeness (QED) is 0.419. The fourth-order valence-electron chi connectivity index (χ4n) is 1.97. The summed E-state index contributed by atoms with van der Waals surface area (Å²) in [4.78, 5) is 12.7. The molecular formula is C18H20O2S. The van der Waals surface area contributed by atoms with E-state index in [0.29, 0.717) is 13.0 Å².